The molecule has 0 saturated carbocycles. The van der Waals surface area contributed by atoms with E-state index in [0.717, 1.165) is 302 Å². The van der Waals surface area contributed by atoms with Crippen LogP contribution < -0.4 is 28.7 Å². The first kappa shape index (κ1) is 74.5. The Kier molecular flexibility index (Phi) is 30.2. The Bertz CT molecular complexity index is 2730. The molecular formula is C84H116N2O12. The van der Waals surface area contributed by atoms with Crippen molar-refractivity contribution in [1.82, 2.24) is 0 Å². The Hall–Kier alpha value is -6.20. The Labute approximate surface area is 587 Å². The summed E-state index contributed by atoms with van der Waals surface area (Å²) in [5, 5.41) is 0. The maximum atomic E-state index is 6.30. The zero-order valence-electron chi connectivity index (χ0n) is 59.9. The van der Waals surface area contributed by atoms with Crippen molar-refractivity contribution in [2.45, 2.75) is 156 Å². The van der Waals surface area contributed by atoms with E-state index in [-0.39, 0.29) is 21.7 Å². The van der Waals surface area contributed by atoms with Gasteiger partial charge >= 0.3 is 0 Å². The lowest BCUT2D eigenvalue weighted by Crippen LogP contribution is -2.45. The van der Waals surface area contributed by atoms with Crippen LogP contribution in [0.3, 0.4) is 0 Å². The van der Waals surface area contributed by atoms with Gasteiger partial charge in [-0.25, -0.2) is 0 Å². The molecule has 0 unspecified atom stereocenters. The lowest BCUT2D eigenvalue weighted by atomic mass is 9.84. The van der Waals surface area contributed by atoms with Gasteiger partial charge in [-0.2, -0.15) is 0 Å². The molecule has 0 amide bonds. The van der Waals surface area contributed by atoms with E-state index < -0.39 is 0 Å². The summed E-state index contributed by atoms with van der Waals surface area (Å²) in [4.78, 5) is 4.60. The van der Waals surface area contributed by atoms with Crippen LogP contribution in [0.2, 0.25) is 0 Å². The summed E-state index contributed by atoms with van der Waals surface area (Å²) < 4.78 is 71.2. The predicted molar refractivity (Wildman–Crippen MR) is 395 cm³/mol. The van der Waals surface area contributed by atoms with Crippen molar-refractivity contribution in [3.05, 3.63) is 146 Å². The average Bonchev–Trinajstić information content (AvgIpc) is 0.815. The molecule has 0 spiro atoms. The monoisotopic (exact) mass is 1340 g/mol. The molecule has 6 aromatic carbocycles. The molecule has 4 fully saturated rings. The second-order valence-corrected chi connectivity index (χ2v) is 28.4. The van der Waals surface area contributed by atoms with Gasteiger partial charge in [0.2, 0.25) is 0 Å². The summed E-state index contributed by atoms with van der Waals surface area (Å²) in [5.74, 6) is 3.48. The third-order valence-corrected chi connectivity index (χ3v) is 20.7. The maximum Gasteiger partial charge on any atom is 0.119 e. The zero-order valence-corrected chi connectivity index (χ0v) is 59.9. The quantitative estimate of drug-likeness (QED) is 0.0337. The van der Waals surface area contributed by atoms with Gasteiger partial charge in [0.25, 0.3) is 0 Å². The fourth-order valence-corrected chi connectivity index (χ4v) is 12.9. The molecule has 6 aromatic rings. The normalized spacial score (nSPS) is 16.2. The van der Waals surface area contributed by atoms with Gasteiger partial charge in [-0.05, 0) is 235 Å². The minimum atomic E-state index is 0.243. The number of anilines is 6. The highest BCUT2D eigenvalue weighted by Gasteiger charge is 2.39. The van der Waals surface area contributed by atoms with E-state index >= 15 is 0 Å². The molecule has 98 heavy (non-hydrogen) atoms. The minimum Gasteiger partial charge on any atom is -0.494 e. The van der Waals surface area contributed by atoms with E-state index in [1.807, 2.05) is 0 Å². The molecular weight excluding hydrogens is 1230 g/mol. The second-order valence-electron chi connectivity index (χ2n) is 28.4. The van der Waals surface area contributed by atoms with Crippen LogP contribution in [-0.2, 0) is 37.9 Å². The summed E-state index contributed by atoms with van der Waals surface area (Å²) in [6, 6.07) is 51.8. The first-order valence-corrected chi connectivity index (χ1v) is 37.6. The Balaban J connectivity index is 0.755. The van der Waals surface area contributed by atoms with Crippen LogP contribution in [0.1, 0.15) is 156 Å². The first-order chi connectivity index (χ1) is 48.2. The molecule has 0 aromatic heterocycles. The van der Waals surface area contributed by atoms with Crippen molar-refractivity contribution in [1.29, 1.82) is 0 Å². The number of hydrogen-bond acceptors (Lipinski definition) is 14. The summed E-state index contributed by atoms with van der Waals surface area (Å²) in [6.07, 6.45) is 21.7. The van der Waals surface area contributed by atoms with Gasteiger partial charge in [0.05, 0.1) is 106 Å². The molecule has 0 aliphatic carbocycles. The number of unbranched alkanes of at least 4 members (excludes halogenated alkanes) is 12. The number of nitrogens with zero attached hydrogens (tertiary/aromatic N) is 2. The van der Waals surface area contributed by atoms with Crippen LogP contribution in [0, 0.1) is 21.7 Å². The van der Waals surface area contributed by atoms with Crippen molar-refractivity contribution in [2.24, 2.45) is 21.7 Å². The van der Waals surface area contributed by atoms with Gasteiger partial charge < -0.3 is 66.6 Å². The topological polar surface area (TPSA) is 117 Å². The fourth-order valence-electron chi connectivity index (χ4n) is 12.9. The van der Waals surface area contributed by atoms with Crippen molar-refractivity contribution in [3.63, 3.8) is 0 Å². The fraction of sp³-hybridized carbons (Fsp3) is 0.571. The summed E-state index contributed by atoms with van der Waals surface area (Å²) in [7, 11) is 0. The largest absolute Gasteiger partial charge is 0.494 e. The third-order valence-electron chi connectivity index (χ3n) is 20.7. The highest BCUT2D eigenvalue weighted by atomic mass is 16.5. The van der Waals surface area contributed by atoms with E-state index in [1.165, 1.54) is 0 Å². The lowest BCUT2D eigenvalue weighted by Gasteiger charge is -2.40. The molecule has 14 nitrogen and oxygen atoms in total. The third kappa shape index (κ3) is 22.4. The van der Waals surface area contributed by atoms with Gasteiger partial charge in [0.1, 0.15) is 23.0 Å². The van der Waals surface area contributed by atoms with E-state index in [1.54, 1.807) is 0 Å². The molecule has 4 saturated heterocycles. The van der Waals surface area contributed by atoms with Crippen LogP contribution in [0.25, 0.3) is 11.1 Å². The van der Waals surface area contributed by atoms with E-state index in [0.29, 0.717) is 26.4 Å². The highest BCUT2D eigenvalue weighted by molar-refractivity contribution is 5.81. The summed E-state index contributed by atoms with van der Waals surface area (Å²) in [5.41, 5.74) is 9.47. The van der Waals surface area contributed by atoms with E-state index in [9.17, 15) is 0 Å². The SMILES string of the molecule is CCC1(COCCCCCCOc2ccc(N(c3ccc(OCCCCCCOCC4(CC)COC4)cc3)c3ccc(-c4ccc(N(c5ccc(OCCCCCCOCC6(CC)COC6)cc5)c5ccc(OCCCCCCOCC6(CC)COC6)cc5)cc4)cc3)cc2)COC1. The smallest absolute Gasteiger partial charge is 0.119 e. The number of rotatable bonds is 51. The van der Waals surface area contributed by atoms with Crippen molar-refractivity contribution in [2.75, 3.05) is 142 Å². The van der Waals surface area contributed by atoms with Crippen LogP contribution in [0.4, 0.5) is 34.1 Å². The molecule has 4 aliphatic rings. The maximum absolute atomic E-state index is 6.30. The summed E-state index contributed by atoms with van der Waals surface area (Å²) >= 11 is 0. The Morgan fingerprint density at radius 1 is 0.245 bits per heavy atom. The molecule has 0 atom stereocenters. The Morgan fingerprint density at radius 2 is 0.429 bits per heavy atom. The first-order valence-electron chi connectivity index (χ1n) is 37.6. The molecule has 4 heterocycles. The van der Waals surface area contributed by atoms with Crippen LogP contribution in [-0.4, -0.2) is 132 Å². The minimum absolute atomic E-state index is 0.243. The standard InChI is InChI=1S/C84H116N2O12/c1-5-81(61-91-62-81)57-87-49-17-9-13-21-53-95-77-41-33-73(34-42-77)85(74-35-43-78(44-36-74)96-54-22-14-10-18-50-88-58-82(6-2)63-92-64-82)71-29-25-69(26-30-71)70-27-31-72(32-28-70)86(75-37-45-79(46-38-75)97-55-23-15-11-19-51-89-59-83(7-3)65-93-66-83)76-39-47-80(48-40-76)98-56-24-16-12-20-52-90-60-84(8-4)67-94-68-84/h25-48H,5-24,49-68H2,1-4H3. The lowest BCUT2D eigenvalue weighted by molar-refractivity contribution is -0.150. The molecule has 0 N–H and O–H groups in total. The molecule has 0 bridgehead atoms. The average molecular weight is 1350 g/mol. The van der Waals surface area contributed by atoms with Gasteiger partial charge in [0.15, 0.2) is 0 Å². The van der Waals surface area contributed by atoms with Crippen molar-refractivity contribution >= 4 is 34.1 Å². The molecule has 10 rings (SSSR count). The molecule has 534 valence electrons. The van der Waals surface area contributed by atoms with Crippen molar-refractivity contribution in [3.8, 4) is 34.1 Å². The molecule has 14 heteroatoms. The predicted octanol–water partition coefficient (Wildman–Crippen LogP) is 19.8. The molecule has 0 radical (unpaired) electrons. The van der Waals surface area contributed by atoms with Gasteiger partial charge in [-0.1, -0.05) is 77.6 Å². The zero-order chi connectivity index (χ0) is 67.8. The Morgan fingerprint density at radius 3 is 0.602 bits per heavy atom. The van der Waals surface area contributed by atoms with Crippen LogP contribution in [0.15, 0.2) is 146 Å². The second kappa shape index (κ2) is 39.7. The summed E-state index contributed by atoms with van der Waals surface area (Å²) in [6.45, 7) is 24.8. The van der Waals surface area contributed by atoms with E-state index in [4.69, 9.17) is 56.8 Å². The van der Waals surface area contributed by atoms with E-state index in [2.05, 4.69) is 183 Å². The number of benzene rings is 6. The molecule has 4 aliphatic heterocycles. The van der Waals surface area contributed by atoms with Gasteiger partial charge in [-0.15, -0.1) is 0 Å². The highest BCUT2D eigenvalue weighted by Crippen LogP contribution is 2.41. The van der Waals surface area contributed by atoms with Crippen molar-refractivity contribution < 1.29 is 56.8 Å². The number of hydrogen-bond donors (Lipinski definition) is 0. The van der Waals surface area contributed by atoms with Crippen LogP contribution in [0.5, 0.6) is 23.0 Å². The van der Waals surface area contributed by atoms with Gasteiger partial charge in [0, 0.05) is 82.2 Å². The van der Waals surface area contributed by atoms with Crippen LogP contribution >= 0.6 is 0 Å². The van der Waals surface area contributed by atoms with Gasteiger partial charge in [-0.3, -0.25) is 0 Å². The number of ether oxygens (including phenoxy) is 12.